The minimum absolute atomic E-state index is 0.450. The van der Waals surface area contributed by atoms with Crippen molar-refractivity contribution in [2.75, 3.05) is 30.4 Å². The van der Waals surface area contributed by atoms with Gasteiger partial charge in [-0.25, -0.2) is 0 Å². The van der Waals surface area contributed by atoms with E-state index in [2.05, 4.69) is 45.0 Å². The van der Waals surface area contributed by atoms with Gasteiger partial charge in [0.1, 0.15) is 5.75 Å². The molecule has 0 spiro atoms. The van der Waals surface area contributed by atoms with Gasteiger partial charge in [-0.15, -0.1) is 0 Å². The van der Waals surface area contributed by atoms with Gasteiger partial charge in [0.2, 0.25) is 0 Å². The van der Waals surface area contributed by atoms with E-state index in [0.717, 1.165) is 35.8 Å². The highest BCUT2D eigenvalue weighted by atomic mass is 32.1. The van der Waals surface area contributed by atoms with E-state index in [4.69, 9.17) is 17.0 Å². The number of hydrogen-bond donors (Lipinski definition) is 2. The Hall–Kier alpha value is -2.60. The van der Waals surface area contributed by atoms with Crippen LogP contribution in [-0.2, 0) is 0 Å². The van der Waals surface area contributed by atoms with E-state index in [9.17, 15) is 0 Å². The summed E-state index contributed by atoms with van der Waals surface area (Å²) in [5.41, 5.74) is 7.06. The molecule has 2 aromatic rings. The van der Waals surface area contributed by atoms with Crippen LogP contribution in [0.15, 0.2) is 53.6 Å². The lowest BCUT2D eigenvalue weighted by Crippen LogP contribution is -2.25. The van der Waals surface area contributed by atoms with Gasteiger partial charge in [-0.05, 0) is 73.9 Å². The highest BCUT2D eigenvalue weighted by Gasteiger charge is 2.10. The fourth-order valence-corrected chi connectivity index (χ4v) is 3.44. The van der Waals surface area contributed by atoms with Gasteiger partial charge in [0.15, 0.2) is 5.11 Å². The molecule has 0 saturated carbocycles. The number of nitrogens with zero attached hydrogens (tertiary/aromatic N) is 2. The first-order valence-corrected chi connectivity index (χ1v) is 10.2. The number of anilines is 2. The van der Waals surface area contributed by atoms with Crippen LogP contribution in [0.5, 0.6) is 5.75 Å². The Balaban J connectivity index is 1.55. The Kier molecular flexibility index (Phi) is 7.25. The maximum atomic E-state index is 5.32. The van der Waals surface area contributed by atoms with Crippen molar-refractivity contribution in [3.8, 4) is 5.75 Å². The molecule has 0 atom stereocenters. The molecule has 0 amide bonds. The molecule has 0 aromatic heterocycles. The molecular formula is C22H28N4OS. The molecule has 0 aliphatic carbocycles. The van der Waals surface area contributed by atoms with Crippen LogP contribution < -0.4 is 20.4 Å². The second-order valence-corrected chi connectivity index (χ2v) is 7.35. The number of ether oxygens (including phenoxy) is 1. The number of thiocarbonyl (C=S) groups is 1. The van der Waals surface area contributed by atoms with Crippen molar-refractivity contribution >= 4 is 34.4 Å². The van der Waals surface area contributed by atoms with Gasteiger partial charge in [-0.3, -0.25) is 5.43 Å². The molecule has 6 heteroatoms. The van der Waals surface area contributed by atoms with Crippen molar-refractivity contribution in [3.05, 3.63) is 54.1 Å². The monoisotopic (exact) mass is 396 g/mol. The summed E-state index contributed by atoms with van der Waals surface area (Å²) < 4.78 is 5.15. The predicted octanol–water partition coefficient (Wildman–Crippen LogP) is 4.79. The second-order valence-electron chi connectivity index (χ2n) is 6.94. The van der Waals surface area contributed by atoms with Crippen LogP contribution in [0.3, 0.4) is 0 Å². The molecule has 0 radical (unpaired) electrons. The zero-order valence-electron chi connectivity index (χ0n) is 16.6. The third-order valence-corrected chi connectivity index (χ3v) is 5.12. The summed E-state index contributed by atoms with van der Waals surface area (Å²) in [6, 6.07) is 16.2. The average Bonchev–Trinajstić information content (AvgIpc) is 3.02. The highest BCUT2D eigenvalue weighted by Crippen LogP contribution is 2.20. The van der Waals surface area contributed by atoms with Crippen molar-refractivity contribution < 1.29 is 4.74 Å². The quantitative estimate of drug-likeness (QED) is 0.432. The summed E-state index contributed by atoms with van der Waals surface area (Å²) in [6.45, 7) is 4.28. The summed E-state index contributed by atoms with van der Waals surface area (Å²) in [7, 11) is 1.65. The second kappa shape index (κ2) is 10.1. The van der Waals surface area contributed by atoms with Crippen molar-refractivity contribution in [3.63, 3.8) is 0 Å². The summed E-state index contributed by atoms with van der Waals surface area (Å²) in [6.07, 6.45) is 5.25. The molecule has 2 aromatic carbocycles. The zero-order valence-corrected chi connectivity index (χ0v) is 17.4. The maximum Gasteiger partial charge on any atom is 0.191 e. The molecule has 1 aliphatic heterocycles. The third kappa shape index (κ3) is 5.70. The average molecular weight is 397 g/mol. The first-order valence-electron chi connectivity index (χ1n) is 9.76. The molecule has 1 heterocycles. The number of hydrazone groups is 1. The minimum Gasteiger partial charge on any atom is -0.497 e. The van der Waals surface area contributed by atoms with Gasteiger partial charge in [-0.2, -0.15) is 5.10 Å². The van der Waals surface area contributed by atoms with Crippen molar-refractivity contribution in [2.24, 2.45) is 5.10 Å². The Morgan fingerprint density at radius 1 is 0.964 bits per heavy atom. The fraction of sp³-hybridized carbons (Fsp3) is 0.364. The maximum absolute atomic E-state index is 5.32. The molecule has 1 aliphatic rings. The minimum atomic E-state index is 0.450. The van der Waals surface area contributed by atoms with E-state index in [-0.39, 0.29) is 0 Å². The van der Waals surface area contributed by atoms with Gasteiger partial charge in [0.05, 0.1) is 12.8 Å². The van der Waals surface area contributed by atoms with Gasteiger partial charge in [-0.1, -0.05) is 25.0 Å². The SMILES string of the molecule is COc1ccc(NC(=S)N/N=C(/C)c2ccc(N3CCCCCC3)cc2)cc1. The number of methoxy groups -OCH3 is 1. The van der Waals surface area contributed by atoms with Crippen LogP contribution in [-0.4, -0.2) is 31.0 Å². The third-order valence-electron chi connectivity index (χ3n) is 4.93. The molecule has 0 unspecified atom stereocenters. The van der Waals surface area contributed by atoms with Crippen LogP contribution in [0, 0.1) is 0 Å². The van der Waals surface area contributed by atoms with Gasteiger partial charge < -0.3 is 15.0 Å². The van der Waals surface area contributed by atoms with E-state index in [1.165, 1.54) is 31.4 Å². The van der Waals surface area contributed by atoms with Crippen LogP contribution in [0.2, 0.25) is 0 Å². The van der Waals surface area contributed by atoms with Gasteiger partial charge in [0, 0.05) is 24.5 Å². The molecule has 2 N–H and O–H groups in total. The van der Waals surface area contributed by atoms with E-state index in [0.29, 0.717) is 5.11 Å². The van der Waals surface area contributed by atoms with Crippen LogP contribution in [0.4, 0.5) is 11.4 Å². The summed E-state index contributed by atoms with van der Waals surface area (Å²) in [4.78, 5) is 2.48. The number of rotatable bonds is 5. The van der Waals surface area contributed by atoms with Gasteiger partial charge in [0.25, 0.3) is 0 Å². The van der Waals surface area contributed by atoms with Crippen LogP contribution in [0.1, 0.15) is 38.2 Å². The topological polar surface area (TPSA) is 48.9 Å². The van der Waals surface area contributed by atoms with Crippen LogP contribution in [0.25, 0.3) is 0 Å². The van der Waals surface area contributed by atoms with Crippen molar-refractivity contribution in [2.45, 2.75) is 32.6 Å². The lowest BCUT2D eigenvalue weighted by Gasteiger charge is -2.22. The highest BCUT2D eigenvalue weighted by molar-refractivity contribution is 7.80. The Morgan fingerprint density at radius 2 is 1.61 bits per heavy atom. The molecule has 1 saturated heterocycles. The molecule has 148 valence electrons. The first kappa shape index (κ1) is 20.1. The zero-order chi connectivity index (χ0) is 19.8. The van der Waals surface area contributed by atoms with Crippen LogP contribution >= 0.6 is 12.2 Å². The van der Waals surface area contributed by atoms with Crippen molar-refractivity contribution in [1.82, 2.24) is 5.43 Å². The Morgan fingerprint density at radius 3 is 2.21 bits per heavy atom. The summed E-state index contributed by atoms with van der Waals surface area (Å²) in [5.74, 6) is 0.807. The fourth-order valence-electron chi connectivity index (χ4n) is 3.27. The smallest absolute Gasteiger partial charge is 0.191 e. The Bertz CT molecular complexity index is 794. The molecule has 28 heavy (non-hydrogen) atoms. The first-order chi connectivity index (χ1) is 13.7. The number of hydrogen-bond acceptors (Lipinski definition) is 4. The number of nitrogens with one attached hydrogen (secondary N) is 2. The number of benzene rings is 2. The lowest BCUT2D eigenvalue weighted by molar-refractivity contribution is 0.415. The Labute approximate surface area is 172 Å². The van der Waals surface area contributed by atoms with Gasteiger partial charge >= 0.3 is 0 Å². The standard InChI is InChI=1S/C22H28N4OS/c1-17(24-25-22(28)23-19-9-13-21(27-2)14-10-19)18-7-11-20(12-8-18)26-15-5-3-4-6-16-26/h7-14H,3-6,15-16H2,1-2H3,(H2,23,25,28)/b24-17-. The van der Waals surface area contributed by atoms with E-state index in [1.807, 2.05) is 31.2 Å². The lowest BCUT2D eigenvalue weighted by atomic mass is 10.1. The molecule has 5 nitrogen and oxygen atoms in total. The molecule has 1 fully saturated rings. The normalized spacial score (nSPS) is 14.9. The van der Waals surface area contributed by atoms with Crippen molar-refractivity contribution in [1.29, 1.82) is 0 Å². The largest absolute Gasteiger partial charge is 0.497 e. The van der Waals surface area contributed by atoms with E-state index in [1.54, 1.807) is 7.11 Å². The van der Waals surface area contributed by atoms with E-state index < -0.39 is 0 Å². The molecular weight excluding hydrogens is 368 g/mol. The molecule has 0 bridgehead atoms. The van der Waals surface area contributed by atoms with E-state index >= 15 is 0 Å². The molecule has 3 rings (SSSR count). The predicted molar refractivity (Wildman–Crippen MR) is 122 cm³/mol. The summed E-state index contributed by atoms with van der Waals surface area (Å²) in [5, 5.41) is 7.96. The summed E-state index contributed by atoms with van der Waals surface area (Å²) >= 11 is 5.32.